The number of carbonyl (C=O) groups excluding carboxylic acids is 1. The summed E-state index contributed by atoms with van der Waals surface area (Å²) in [5, 5.41) is 0. The Balaban J connectivity index is 1.76. The monoisotopic (exact) mass is 280 g/mol. The van der Waals surface area contributed by atoms with Gasteiger partial charge in [0.2, 0.25) is 0 Å². The van der Waals surface area contributed by atoms with Gasteiger partial charge in [-0.25, -0.2) is 0 Å². The Morgan fingerprint density at radius 2 is 2.05 bits per heavy atom. The summed E-state index contributed by atoms with van der Waals surface area (Å²) in [6.45, 7) is 6.86. The second-order valence-corrected chi connectivity index (χ2v) is 7.23. The van der Waals surface area contributed by atoms with Crippen molar-refractivity contribution in [3.8, 4) is 0 Å². The van der Waals surface area contributed by atoms with Crippen LogP contribution in [0.5, 0.6) is 0 Å². The molecule has 3 atom stereocenters. The molecule has 3 nitrogen and oxygen atoms in total. The molecule has 2 aliphatic rings. The van der Waals surface area contributed by atoms with Crippen molar-refractivity contribution in [1.29, 1.82) is 0 Å². The van der Waals surface area contributed by atoms with Crippen LogP contribution in [0.1, 0.15) is 45.4 Å². The maximum Gasteiger partial charge on any atom is 0.137 e. The van der Waals surface area contributed by atoms with Gasteiger partial charge in [0, 0.05) is 32.0 Å². The minimum atomic E-state index is 0.310. The Kier molecular flexibility index (Phi) is 6.03. The van der Waals surface area contributed by atoms with E-state index >= 15 is 0 Å². The third kappa shape index (κ3) is 4.56. The van der Waals surface area contributed by atoms with Gasteiger partial charge in [0.25, 0.3) is 0 Å². The lowest BCUT2D eigenvalue weighted by Crippen LogP contribution is -2.37. The molecule has 0 spiro atoms. The highest BCUT2D eigenvalue weighted by atomic mass is 16.1. The van der Waals surface area contributed by atoms with Crippen molar-refractivity contribution in [2.24, 2.45) is 17.8 Å². The fraction of sp³-hybridized carbons (Fsp3) is 0.941. The topological polar surface area (TPSA) is 23.6 Å². The zero-order chi connectivity index (χ0) is 14.5. The number of hydrogen-bond donors (Lipinski definition) is 0. The number of ketones is 1. The van der Waals surface area contributed by atoms with Crippen LogP contribution in [0.15, 0.2) is 0 Å². The minimum Gasteiger partial charge on any atom is -0.306 e. The summed E-state index contributed by atoms with van der Waals surface area (Å²) in [4.78, 5) is 17.0. The molecule has 3 unspecified atom stereocenters. The van der Waals surface area contributed by atoms with Crippen molar-refractivity contribution in [2.75, 3.05) is 40.3 Å². The van der Waals surface area contributed by atoms with Crippen LogP contribution in [0.4, 0.5) is 0 Å². The number of Topliss-reactive ketones (excluding diaryl/α,β-unsaturated/α-hetero) is 1. The molecule has 0 aromatic carbocycles. The van der Waals surface area contributed by atoms with Gasteiger partial charge in [-0.05, 0) is 51.7 Å². The van der Waals surface area contributed by atoms with Gasteiger partial charge < -0.3 is 9.80 Å². The van der Waals surface area contributed by atoms with Crippen LogP contribution in [0.25, 0.3) is 0 Å². The summed E-state index contributed by atoms with van der Waals surface area (Å²) >= 11 is 0. The summed E-state index contributed by atoms with van der Waals surface area (Å²) in [6, 6.07) is 0. The maximum atomic E-state index is 12.1. The molecule has 1 saturated heterocycles. The predicted molar refractivity (Wildman–Crippen MR) is 83.8 cm³/mol. The zero-order valence-electron chi connectivity index (χ0n) is 13.6. The lowest BCUT2D eigenvalue weighted by molar-refractivity contribution is -0.126. The van der Waals surface area contributed by atoms with Crippen LogP contribution in [-0.2, 0) is 4.79 Å². The lowest BCUT2D eigenvalue weighted by Gasteiger charge is -2.31. The number of rotatable bonds is 6. The zero-order valence-corrected chi connectivity index (χ0v) is 13.6. The van der Waals surface area contributed by atoms with Gasteiger partial charge in [0.05, 0.1) is 0 Å². The van der Waals surface area contributed by atoms with Crippen molar-refractivity contribution < 1.29 is 4.79 Å². The second-order valence-electron chi connectivity index (χ2n) is 7.23. The average molecular weight is 280 g/mol. The molecule has 2 rings (SSSR count). The Hall–Kier alpha value is -0.410. The minimum absolute atomic E-state index is 0.310. The van der Waals surface area contributed by atoms with E-state index in [1.54, 1.807) is 0 Å². The highest BCUT2D eigenvalue weighted by Crippen LogP contribution is 2.30. The molecule has 20 heavy (non-hydrogen) atoms. The van der Waals surface area contributed by atoms with E-state index in [9.17, 15) is 4.79 Å². The van der Waals surface area contributed by atoms with E-state index in [1.165, 1.54) is 32.4 Å². The summed E-state index contributed by atoms with van der Waals surface area (Å²) in [7, 11) is 4.41. The van der Waals surface area contributed by atoms with Crippen LogP contribution in [0.2, 0.25) is 0 Å². The van der Waals surface area contributed by atoms with E-state index in [4.69, 9.17) is 0 Å². The largest absolute Gasteiger partial charge is 0.306 e. The average Bonchev–Trinajstić information content (AvgIpc) is 2.79. The molecule has 1 heterocycles. The van der Waals surface area contributed by atoms with E-state index in [-0.39, 0.29) is 0 Å². The number of likely N-dealkylation sites (tertiary alicyclic amines) is 1. The van der Waals surface area contributed by atoms with E-state index in [1.807, 2.05) is 0 Å². The van der Waals surface area contributed by atoms with Gasteiger partial charge >= 0.3 is 0 Å². The van der Waals surface area contributed by atoms with Gasteiger partial charge in [-0.15, -0.1) is 0 Å². The fourth-order valence-electron chi connectivity index (χ4n) is 4.12. The van der Waals surface area contributed by atoms with Gasteiger partial charge in [-0.2, -0.15) is 0 Å². The van der Waals surface area contributed by atoms with Gasteiger partial charge in [-0.1, -0.05) is 19.8 Å². The van der Waals surface area contributed by atoms with Gasteiger partial charge in [-0.3, -0.25) is 4.79 Å². The van der Waals surface area contributed by atoms with Crippen molar-refractivity contribution in [2.45, 2.75) is 45.4 Å². The molecule has 0 aromatic rings. The SMILES string of the molecule is CCCC1CCC(=O)C(CN(C)CC2CCN(C)C2)C1. The molecule has 1 aliphatic heterocycles. The summed E-state index contributed by atoms with van der Waals surface area (Å²) in [5.41, 5.74) is 0. The van der Waals surface area contributed by atoms with Crippen molar-refractivity contribution >= 4 is 5.78 Å². The molecule has 116 valence electrons. The summed E-state index contributed by atoms with van der Waals surface area (Å²) in [6.07, 6.45) is 6.99. The molecule has 0 amide bonds. The standard InChI is InChI=1S/C17H32N2O/c1-4-5-14-6-7-17(20)16(10-14)13-19(3)12-15-8-9-18(2)11-15/h14-16H,4-13H2,1-3H3. The molecular formula is C17H32N2O. The third-order valence-corrected chi connectivity index (χ3v) is 5.16. The maximum absolute atomic E-state index is 12.1. The van der Waals surface area contributed by atoms with Crippen LogP contribution < -0.4 is 0 Å². The van der Waals surface area contributed by atoms with E-state index in [0.29, 0.717) is 11.7 Å². The first kappa shape index (κ1) is 16.0. The summed E-state index contributed by atoms with van der Waals surface area (Å²) < 4.78 is 0. The Labute approximate surface area is 124 Å². The Morgan fingerprint density at radius 3 is 2.70 bits per heavy atom. The van der Waals surface area contributed by atoms with E-state index < -0.39 is 0 Å². The molecule has 0 N–H and O–H groups in total. The molecule has 1 saturated carbocycles. The highest BCUT2D eigenvalue weighted by Gasteiger charge is 2.30. The summed E-state index contributed by atoms with van der Waals surface area (Å²) in [5.74, 6) is 2.43. The van der Waals surface area contributed by atoms with Gasteiger partial charge in [0.15, 0.2) is 0 Å². The van der Waals surface area contributed by atoms with Crippen molar-refractivity contribution in [1.82, 2.24) is 9.80 Å². The number of nitrogens with zero attached hydrogens (tertiary/aromatic N) is 2. The molecule has 2 fully saturated rings. The van der Waals surface area contributed by atoms with Crippen molar-refractivity contribution in [3.05, 3.63) is 0 Å². The predicted octanol–water partition coefficient (Wildman–Crippen LogP) is 2.66. The van der Waals surface area contributed by atoms with Crippen molar-refractivity contribution in [3.63, 3.8) is 0 Å². The first-order valence-electron chi connectivity index (χ1n) is 8.48. The molecule has 1 aliphatic carbocycles. The Bertz CT molecular complexity index is 318. The van der Waals surface area contributed by atoms with Crippen LogP contribution in [0, 0.1) is 17.8 Å². The van der Waals surface area contributed by atoms with Crippen LogP contribution in [-0.4, -0.2) is 55.9 Å². The van der Waals surface area contributed by atoms with Crippen LogP contribution >= 0.6 is 0 Å². The van der Waals surface area contributed by atoms with E-state index in [0.717, 1.165) is 44.2 Å². The normalized spacial score (nSPS) is 32.2. The molecule has 0 bridgehead atoms. The van der Waals surface area contributed by atoms with E-state index in [2.05, 4.69) is 30.8 Å². The molecule has 0 radical (unpaired) electrons. The van der Waals surface area contributed by atoms with Crippen LogP contribution in [0.3, 0.4) is 0 Å². The first-order valence-corrected chi connectivity index (χ1v) is 8.48. The quantitative estimate of drug-likeness (QED) is 0.747. The lowest BCUT2D eigenvalue weighted by atomic mass is 9.78. The fourth-order valence-corrected chi connectivity index (χ4v) is 4.12. The third-order valence-electron chi connectivity index (χ3n) is 5.16. The molecule has 3 heteroatoms. The molecule has 0 aromatic heterocycles. The smallest absolute Gasteiger partial charge is 0.137 e. The van der Waals surface area contributed by atoms with Gasteiger partial charge in [0.1, 0.15) is 5.78 Å². The number of hydrogen-bond acceptors (Lipinski definition) is 3. The molecular weight excluding hydrogens is 248 g/mol. The number of carbonyl (C=O) groups is 1. The first-order chi connectivity index (χ1) is 9.58. The Morgan fingerprint density at radius 1 is 1.25 bits per heavy atom. The highest BCUT2D eigenvalue weighted by molar-refractivity contribution is 5.81. The second kappa shape index (κ2) is 7.56.